The van der Waals surface area contributed by atoms with Crippen LogP contribution < -0.4 is 3.58 Å². The van der Waals surface area contributed by atoms with Crippen molar-refractivity contribution in [3.63, 3.8) is 0 Å². The zero-order chi connectivity index (χ0) is 15.0. The summed E-state index contributed by atoms with van der Waals surface area (Å²) < 4.78 is 10.1. The summed E-state index contributed by atoms with van der Waals surface area (Å²) in [6.07, 6.45) is 5.52. The van der Waals surface area contributed by atoms with E-state index < -0.39 is 21.1 Å². The molecule has 0 bridgehead atoms. The van der Waals surface area contributed by atoms with Crippen LogP contribution in [0.4, 0.5) is 0 Å². The summed E-state index contributed by atoms with van der Waals surface area (Å²) in [5.74, 6) is 0. The number of hydrogen-bond donors (Lipinski definition) is 0. The van der Waals surface area contributed by atoms with Crippen LogP contribution in [-0.4, -0.2) is 37.5 Å². The molecule has 2 aromatic rings. The van der Waals surface area contributed by atoms with Crippen LogP contribution in [0.2, 0.25) is 8.96 Å². The Kier molecular flexibility index (Phi) is 4.81. The molecule has 1 aliphatic rings. The molecule has 21 heavy (non-hydrogen) atoms. The number of aromatic nitrogens is 2. The van der Waals surface area contributed by atoms with Gasteiger partial charge in [-0.15, -0.1) is 0 Å². The van der Waals surface area contributed by atoms with E-state index >= 15 is 0 Å². The third-order valence-corrected chi connectivity index (χ3v) is 8.78. The average Bonchev–Trinajstić information content (AvgIpc) is 2.88. The summed E-state index contributed by atoms with van der Waals surface area (Å²) in [7, 11) is 0. The number of fused-ring (bicyclic) bond motifs is 1. The molecule has 3 rings (SSSR count). The Morgan fingerprint density at radius 3 is 2.90 bits per heavy atom. The van der Waals surface area contributed by atoms with Crippen molar-refractivity contribution in [1.29, 1.82) is 0 Å². The molecular weight excluding hydrogens is 390 g/mol. The second-order valence-corrected chi connectivity index (χ2v) is 11.9. The molecule has 1 aromatic carbocycles. The van der Waals surface area contributed by atoms with Gasteiger partial charge in [-0.25, -0.2) is 0 Å². The van der Waals surface area contributed by atoms with Crippen molar-refractivity contribution in [2.75, 3.05) is 6.61 Å². The van der Waals surface area contributed by atoms with Crippen LogP contribution in [0.5, 0.6) is 0 Å². The van der Waals surface area contributed by atoms with E-state index in [2.05, 4.69) is 36.6 Å². The SMILES string of the molecule is Cc1cc2c(cnn2C2CCCCO2)[c]([Sn][CH](C)C)c1Cl. The van der Waals surface area contributed by atoms with Crippen LogP contribution in [-0.2, 0) is 4.74 Å². The fraction of sp³-hybridized carbons (Fsp3) is 0.562. The van der Waals surface area contributed by atoms with E-state index in [9.17, 15) is 0 Å². The third-order valence-electron chi connectivity index (χ3n) is 3.88. The number of rotatable bonds is 3. The van der Waals surface area contributed by atoms with Gasteiger partial charge in [0.2, 0.25) is 0 Å². The standard InChI is InChI=1S/C13H14ClN2O.C3H7.Sn/c1-9-6-12-10(7-11(9)14)8-15-16(12)13-4-2-3-5-17-13;1-3-2;/h6,8,13H,2-5H2,1H3;3H,1-2H3;. The van der Waals surface area contributed by atoms with Crippen molar-refractivity contribution in [2.45, 2.75) is 50.2 Å². The van der Waals surface area contributed by atoms with E-state index in [1.54, 1.807) is 0 Å². The van der Waals surface area contributed by atoms with Crippen LogP contribution in [0, 0.1) is 6.92 Å². The van der Waals surface area contributed by atoms with E-state index in [0.717, 1.165) is 28.4 Å². The van der Waals surface area contributed by atoms with Crippen molar-refractivity contribution in [3.8, 4) is 0 Å². The minimum atomic E-state index is -0.697. The van der Waals surface area contributed by atoms with Gasteiger partial charge in [0.1, 0.15) is 0 Å². The first-order valence-corrected chi connectivity index (χ1v) is 11.1. The van der Waals surface area contributed by atoms with E-state index in [4.69, 9.17) is 16.3 Å². The second kappa shape index (κ2) is 6.47. The Hall–Kier alpha value is -0.261. The quantitative estimate of drug-likeness (QED) is 0.718. The number of ether oxygens (including phenoxy) is 1. The van der Waals surface area contributed by atoms with E-state index in [1.807, 2.05) is 6.20 Å². The van der Waals surface area contributed by atoms with Gasteiger partial charge >= 0.3 is 141 Å². The van der Waals surface area contributed by atoms with Gasteiger partial charge in [-0.2, -0.15) is 0 Å². The zero-order valence-corrected chi connectivity index (χ0v) is 16.4. The Bertz CT molecular complexity index is 647. The molecule has 1 saturated heterocycles. The average molecular weight is 412 g/mol. The Morgan fingerprint density at radius 2 is 2.24 bits per heavy atom. The molecule has 0 N–H and O–H groups in total. The molecule has 1 atom stereocenters. The van der Waals surface area contributed by atoms with Gasteiger partial charge in [0.15, 0.2) is 0 Å². The molecular formula is C16H21ClN2OSn. The van der Waals surface area contributed by atoms with Crippen LogP contribution in [0.25, 0.3) is 10.9 Å². The van der Waals surface area contributed by atoms with Crippen molar-refractivity contribution in [1.82, 2.24) is 9.78 Å². The predicted octanol–water partition coefficient (Wildman–Crippen LogP) is 3.86. The molecule has 1 aliphatic heterocycles. The van der Waals surface area contributed by atoms with Crippen molar-refractivity contribution in [3.05, 3.63) is 22.8 Å². The van der Waals surface area contributed by atoms with Gasteiger partial charge in [-0.05, 0) is 0 Å². The maximum absolute atomic E-state index is 6.59. The molecule has 1 unspecified atom stereocenters. The van der Waals surface area contributed by atoms with Gasteiger partial charge < -0.3 is 0 Å². The summed E-state index contributed by atoms with van der Waals surface area (Å²) in [5, 5.41) is 6.84. The first kappa shape index (κ1) is 15.6. The van der Waals surface area contributed by atoms with E-state index in [-0.39, 0.29) is 6.23 Å². The molecule has 1 fully saturated rings. The van der Waals surface area contributed by atoms with Gasteiger partial charge in [-0.1, -0.05) is 0 Å². The molecule has 1 aromatic heterocycles. The Balaban J connectivity index is 2.10. The number of benzene rings is 1. The maximum atomic E-state index is 6.59. The second-order valence-electron chi connectivity index (χ2n) is 6.02. The molecule has 0 spiro atoms. The monoisotopic (exact) mass is 412 g/mol. The van der Waals surface area contributed by atoms with Gasteiger partial charge in [0.05, 0.1) is 0 Å². The number of hydrogen-bond acceptors (Lipinski definition) is 2. The van der Waals surface area contributed by atoms with Gasteiger partial charge in [0.25, 0.3) is 0 Å². The minimum absolute atomic E-state index is 0.0918. The summed E-state index contributed by atoms with van der Waals surface area (Å²) in [6, 6.07) is 2.17. The molecule has 0 amide bonds. The fourth-order valence-electron chi connectivity index (χ4n) is 2.87. The molecule has 3 nitrogen and oxygen atoms in total. The van der Waals surface area contributed by atoms with Crippen molar-refractivity contribution < 1.29 is 4.74 Å². The molecule has 2 heterocycles. The third kappa shape index (κ3) is 3.10. The topological polar surface area (TPSA) is 27.1 Å². The zero-order valence-electron chi connectivity index (χ0n) is 12.8. The van der Waals surface area contributed by atoms with E-state index in [1.165, 1.54) is 26.5 Å². The summed E-state index contributed by atoms with van der Waals surface area (Å²) in [4.78, 5) is 0. The molecule has 0 saturated carbocycles. The van der Waals surface area contributed by atoms with Crippen LogP contribution in [0.1, 0.15) is 44.9 Å². The number of aryl methyl sites for hydroxylation is 1. The van der Waals surface area contributed by atoms with Crippen molar-refractivity contribution >= 4 is 47.2 Å². The Labute approximate surface area is 141 Å². The Morgan fingerprint density at radius 1 is 1.43 bits per heavy atom. The molecule has 5 heteroatoms. The summed E-state index contributed by atoms with van der Waals surface area (Å²) in [5.41, 5.74) is 2.36. The van der Waals surface area contributed by atoms with Crippen LogP contribution >= 0.6 is 11.6 Å². The summed E-state index contributed by atoms with van der Waals surface area (Å²) in [6.45, 7) is 7.54. The number of halogens is 1. The van der Waals surface area contributed by atoms with Gasteiger partial charge in [0, 0.05) is 0 Å². The molecule has 2 radical (unpaired) electrons. The summed E-state index contributed by atoms with van der Waals surface area (Å²) >= 11 is 5.89. The molecule has 112 valence electrons. The van der Waals surface area contributed by atoms with Gasteiger partial charge in [-0.3, -0.25) is 0 Å². The van der Waals surface area contributed by atoms with Crippen LogP contribution in [0.15, 0.2) is 12.3 Å². The molecule has 0 aliphatic carbocycles. The normalized spacial score (nSPS) is 19.6. The predicted molar refractivity (Wildman–Crippen MR) is 88.8 cm³/mol. The van der Waals surface area contributed by atoms with Crippen molar-refractivity contribution in [2.24, 2.45) is 0 Å². The number of nitrogens with zero attached hydrogens (tertiary/aromatic N) is 2. The fourth-order valence-corrected chi connectivity index (χ4v) is 6.96. The van der Waals surface area contributed by atoms with Crippen LogP contribution in [0.3, 0.4) is 0 Å². The van der Waals surface area contributed by atoms with E-state index in [0.29, 0.717) is 0 Å². The first-order valence-electron chi connectivity index (χ1n) is 7.62. The first-order chi connectivity index (χ1) is 10.1.